The van der Waals surface area contributed by atoms with Gasteiger partial charge in [-0.25, -0.2) is 4.79 Å². The molecule has 1 aromatic carbocycles. The van der Waals surface area contributed by atoms with E-state index in [1.165, 1.54) is 31.6 Å². The number of carbonyl (C=O) groups is 2. The lowest BCUT2D eigenvalue weighted by Crippen LogP contribution is -2.14. The first-order chi connectivity index (χ1) is 9.52. The topological polar surface area (TPSA) is 81.4 Å². The van der Waals surface area contributed by atoms with Crippen molar-refractivity contribution < 1.29 is 18.8 Å². The van der Waals surface area contributed by atoms with Gasteiger partial charge in [-0.2, -0.15) is 0 Å². The number of nitrogens with zero attached hydrogens (tertiary/aromatic N) is 1. The van der Waals surface area contributed by atoms with E-state index in [0.717, 1.165) is 0 Å². The van der Waals surface area contributed by atoms with Gasteiger partial charge in [0, 0.05) is 5.56 Å². The summed E-state index contributed by atoms with van der Waals surface area (Å²) in [6.45, 7) is 1.69. The summed E-state index contributed by atoms with van der Waals surface area (Å²) in [6.07, 6.45) is 1.36. The van der Waals surface area contributed by atoms with E-state index in [9.17, 15) is 9.59 Å². The molecule has 20 heavy (non-hydrogen) atoms. The minimum absolute atomic E-state index is 0.157. The van der Waals surface area contributed by atoms with Gasteiger partial charge in [0.2, 0.25) is 0 Å². The van der Waals surface area contributed by atoms with E-state index in [-0.39, 0.29) is 11.3 Å². The molecule has 0 fully saturated rings. The standard InChI is InChI=1S/C13H11ClN2O4/c1-7-6-20-16-11(7)12(17)15-10-5-8(13(18)19-2)3-4-9(10)14/h3-6H,1-2H3,(H,15,17). The van der Waals surface area contributed by atoms with E-state index in [1.54, 1.807) is 6.92 Å². The zero-order chi connectivity index (χ0) is 14.7. The van der Waals surface area contributed by atoms with Gasteiger partial charge in [0.25, 0.3) is 5.91 Å². The smallest absolute Gasteiger partial charge is 0.337 e. The quantitative estimate of drug-likeness (QED) is 0.880. The molecular formula is C13H11ClN2O4. The molecule has 0 radical (unpaired) electrons. The molecule has 6 nitrogen and oxygen atoms in total. The lowest BCUT2D eigenvalue weighted by molar-refractivity contribution is 0.0600. The predicted molar refractivity (Wildman–Crippen MR) is 72.0 cm³/mol. The van der Waals surface area contributed by atoms with Crippen molar-refractivity contribution in [3.8, 4) is 0 Å². The summed E-state index contributed by atoms with van der Waals surface area (Å²) in [6, 6.07) is 4.44. The van der Waals surface area contributed by atoms with Crippen LogP contribution in [0.3, 0.4) is 0 Å². The summed E-state index contributed by atoms with van der Waals surface area (Å²) in [5.41, 5.74) is 1.33. The van der Waals surface area contributed by atoms with Gasteiger partial charge in [-0.05, 0) is 25.1 Å². The molecule has 1 amide bonds. The van der Waals surface area contributed by atoms with E-state index in [2.05, 4.69) is 15.2 Å². The Balaban J connectivity index is 2.27. The molecule has 0 spiro atoms. The van der Waals surface area contributed by atoms with E-state index in [4.69, 9.17) is 16.1 Å². The van der Waals surface area contributed by atoms with E-state index in [1.807, 2.05) is 0 Å². The number of halogens is 1. The fourth-order valence-corrected chi connectivity index (χ4v) is 1.72. The summed E-state index contributed by atoms with van der Waals surface area (Å²) < 4.78 is 9.30. The molecule has 0 saturated carbocycles. The lowest BCUT2D eigenvalue weighted by atomic mass is 10.2. The Hall–Kier alpha value is -2.34. The Kier molecular flexibility index (Phi) is 4.05. The number of esters is 1. The molecule has 1 aromatic heterocycles. The number of nitrogens with one attached hydrogen (secondary N) is 1. The average Bonchev–Trinajstić information content (AvgIpc) is 2.86. The number of methoxy groups -OCH3 is 1. The van der Waals surface area contributed by atoms with Crippen molar-refractivity contribution in [1.82, 2.24) is 5.16 Å². The Morgan fingerprint density at radius 2 is 2.15 bits per heavy atom. The maximum Gasteiger partial charge on any atom is 0.337 e. The first-order valence-corrected chi connectivity index (χ1v) is 6.01. The average molecular weight is 295 g/mol. The molecule has 0 unspecified atom stereocenters. The van der Waals surface area contributed by atoms with Crippen molar-refractivity contribution in [3.05, 3.63) is 46.3 Å². The van der Waals surface area contributed by atoms with Crippen molar-refractivity contribution in [3.63, 3.8) is 0 Å². The molecule has 0 saturated heterocycles. The molecule has 0 bridgehead atoms. The van der Waals surface area contributed by atoms with Gasteiger partial charge in [0.15, 0.2) is 5.69 Å². The summed E-state index contributed by atoms with van der Waals surface area (Å²) in [5.74, 6) is -0.991. The van der Waals surface area contributed by atoms with E-state index >= 15 is 0 Å². The molecule has 104 valence electrons. The number of carbonyl (C=O) groups excluding carboxylic acids is 2. The zero-order valence-electron chi connectivity index (χ0n) is 10.8. The number of benzene rings is 1. The van der Waals surface area contributed by atoms with Gasteiger partial charge in [-0.1, -0.05) is 16.8 Å². The number of aryl methyl sites for hydroxylation is 1. The van der Waals surface area contributed by atoms with Crippen LogP contribution in [0.1, 0.15) is 26.4 Å². The SMILES string of the molecule is COC(=O)c1ccc(Cl)c(NC(=O)c2nocc2C)c1. The molecule has 0 aliphatic carbocycles. The third-order valence-corrected chi connectivity index (χ3v) is 2.93. The van der Waals surface area contributed by atoms with Crippen molar-refractivity contribution in [2.45, 2.75) is 6.92 Å². The number of anilines is 1. The minimum Gasteiger partial charge on any atom is -0.465 e. The third kappa shape index (κ3) is 2.80. The highest BCUT2D eigenvalue weighted by Gasteiger charge is 2.16. The first-order valence-electron chi connectivity index (χ1n) is 5.63. The second kappa shape index (κ2) is 5.75. The molecule has 1 N–H and O–H groups in total. The lowest BCUT2D eigenvalue weighted by Gasteiger charge is -2.07. The number of rotatable bonds is 3. The number of hydrogen-bond acceptors (Lipinski definition) is 5. The normalized spacial score (nSPS) is 10.2. The highest BCUT2D eigenvalue weighted by atomic mass is 35.5. The number of aromatic nitrogens is 1. The fourth-order valence-electron chi connectivity index (χ4n) is 1.55. The van der Waals surface area contributed by atoms with Crippen LogP contribution < -0.4 is 5.32 Å². The van der Waals surface area contributed by atoms with E-state index in [0.29, 0.717) is 16.3 Å². The second-order valence-electron chi connectivity index (χ2n) is 3.99. The highest BCUT2D eigenvalue weighted by Crippen LogP contribution is 2.24. The zero-order valence-corrected chi connectivity index (χ0v) is 11.5. The predicted octanol–water partition coefficient (Wildman–Crippen LogP) is 2.68. The molecule has 2 rings (SSSR count). The van der Waals surface area contributed by atoms with E-state index < -0.39 is 11.9 Å². The summed E-state index contributed by atoms with van der Waals surface area (Å²) in [4.78, 5) is 23.4. The van der Waals surface area contributed by atoms with Crippen LogP contribution in [0.15, 0.2) is 29.0 Å². The van der Waals surface area contributed by atoms with Gasteiger partial charge in [0.1, 0.15) is 6.26 Å². The number of amides is 1. The molecular weight excluding hydrogens is 284 g/mol. The number of ether oxygens (including phenoxy) is 1. The van der Waals surface area contributed by atoms with Crippen molar-refractivity contribution >= 4 is 29.2 Å². The minimum atomic E-state index is -0.519. The molecule has 1 heterocycles. The highest BCUT2D eigenvalue weighted by molar-refractivity contribution is 6.34. The van der Waals surface area contributed by atoms with Crippen LogP contribution in [-0.4, -0.2) is 24.1 Å². The van der Waals surface area contributed by atoms with Crippen LogP contribution >= 0.6 is 11.6 Å². The number of hydrogen-bond donors (Lipinski definition) is 1. The van der Waals surface area contributed by atoms with Crippen LogP contribution in [-0.2, 0) is 4.74 Å². The van der Waals surface area contributed by atoms with Gasteiger partial charge in [-0.3, -0.25) is 4.79 Å². The maximum atomic E-state index is 12.0. The Bertz CT molecular complexity index is 666. The molecule has 0 atom stereocenters. The molecule has 7 heteroatoms. The van der Waals surface area contributed by atoms with Gasteiger partial charge >= 0.3 is 5.97 Å². The van der Waals surface area contributed by atoms with Crippen LogP contribution in [0.2, 0.25) is 5.02 Å². The van der Waals surface area contributed by atoms with Crippen LogP contribution in [0.4, 0.5) is 5.69 Å². The maximum absolute atomic E-state index is 12.0. The van der Waals surface area contributed by atoms with Gasteiger partial charge in [-0.15, -0.1) is 0 Å². The van der Waals surface area contributed by atoms with Gasteiger partial charge < -0.3 is 14.6 Å². The van der Waals surface area contributed by atoms with Crippen LogP contribution in [0.25, 0.3) is 0 Å². The van der Waals surface area contributed by atoms with Crippen LogP contribution in [0.5, 0.6) is 0 Å². The van der Waals surface area contributed by atoms with Crippen molar-refractivity contribution in [2.75, 3.05) is 12.4 Å². The van der Waals surface area contributed by atoms with Gasteiger partial charge in [0.05, 0.1) is 23.4 Å². The molecule has 0 aliphatic rings. The fraction of sp³-hybridized carbons (Fsp3) is 0.154. The van der Waals surface area contributed by atoms with Crippen molar-refractivity contribution in [1.29, 1.82) is 0 Å². The summed E-state index contributed by atoms with van der Waals surface area (Å²) in [7, 11) is 1.27. The van der Waals surface area contributed by atoms with Crippen LogP contribution in [0, 0.1) is 6.92 Å². The summed E-state index contributed by atoms with van der Waals surface area (Å²) >= 11 is 5.98. The Labute approximate surface area is 119 Å². The summed E-state index contributed by atoms with van der Waals surface area (Å²) in [5, 5.41) is 6.46. The first kappa shape index (κ1) is 14.1. The van der Waals surface area contributed by atoms with Crippen molar-refractivity contribution in [2.24, 2.45) is 0 Å². The molecule has 0 aliphatic heterocycles. The molecule has 2 aromatic rings. The Morgan fingerprint density at radius 1 is 1.40 bits per heavy atom. The second-order valence-corrected chi connectivity index (χ2v) is 4.39. The monoisotopic (exact) mass is 294 g/mol. The third-order valence-electron chi connectivity index (χ3n) is 2.60. The Morgan fingerprint density at radius 3 is 2.75 bits per heavy atom. The largest absolute Gasteiger partial charge is 0.465 e.